The van der Waals surface area contributed by atoms with Gasteiger partial charge >= 0.3 is 5.76 Å². The smallest absolute Gasteiger partial charge is 0.422 e. The summed E-state index contributed by atoms with van der Waals surface area (Å²) in [4.78, 5) is 24.3. The lowest BCUT2D eigenvalue weighted by Crippen LogP contribution is -2.07. The van der Waals surface area contributed by atoms with Crippen molar-refractivity contribution in [2.24, 2.45) is 7.05 Å². The first-order valence-corrected chi connectivity index (χ1v) is 12.3. The normalized spacial score (nSPS) is 11.7. The second-order valence-corrected chi connectivity index (χ2v) is 10.0. The molecular weight excluding hydrogens is 472 g/mol. The SMILES string of the molecule is CCS(=O)(=O)c1ccc(Oc2cc3nc(-c4ccccn4)[nH]c3cc2-c2oc(=O)n(C)c2O)cc1. The van der Waals surface area contributed by atoms with Gasteiger partial charge in [0.2, 0.25) is 11.6 Å². The van der Waals surface area contributed by atoms with Crippen molar-refractivity contribution in [3.8, 4) is 40.2 Å². The second kappa shape index (κ2) is 8.44. The van der Waals surface area contributed by atoms with Gasteiger partial charge in [0.15, 0.2) is 15.7 Å². The molecule has 0 atom stereocenters. The number of aromatic amines is 1. The summed E-state index contributed by atoms with van der Waals surface area (Å²) in [5.41, 5.74) is 2.08. The summed E-state index contributed by atoms with van der Waals surface area (Å²) in [6.45, 7) is 1.57. The molecule has 0 fully saturated rings. The fraction of sp³-hybridized carbons (Fsp3) is 0.125. The maximum Gasteiger partial charge on any atom is 0.422 e. The number of oxazole rings is 1. The number of nitrogens with zero attached hydrogens (tertiary/aromatic N) is 3. The van der Waals surface area contributed by atoms with Crippen LogP contribution in [-0.4, -0.2) is 38.8 Å². The highest BCUT2D eigenvalue weighted by Crippen LogP contribution is 2.40. The van der Waals surface area contributed by atoms with Crippen molar-refractivity contribution >= 4 is 20.9 Å². The minimum atomic E-state index is -3.36. The van der Waals surface area contributed by atoms with Crippen LogP contribution in [0.4, 0.5) is 0 Å². The number of hydrogen-bond acceptors (Lipinski definition) is 8. The Labute approximate surface area is 199 Å². The van der Waals surface area contributed by atoms with Crippen LogP contribution in [0.2, 0.25) is 0 Å². The van der Waals surface area contributed by atoms with E-state index in [0.717, 1.165) is 4.57 Å². The Bertz CT molecular complexity index is 1700. The molecule has 35 heavy (non-hydrogen) atoms. The summed E-state index contributed by atoms with van der Waals surface area (Å²) in [5.74, 6) is -0.0844. The third-order valence-electron chi connectivity index (χ3n) is 5.51. The van der Waals surface area contributed by atoms with E-state index in [-0.39, 0.29) is 28.0 Å². The minimum Gasteiger partial charge on any atom is -0.492 e. The fourth-order valence-electron chi connectivity index (χ4n) is 3.55. The number of aromatic nitrogens is 4. The molecule has 5 aromatic rings. The molecule has 3 heterocycles. The van der Waals surface area contributed by atoms with E-state index >= 15 is 0 Å². The summed E-state index contributed by atoms with van der Waals surface area (Å²) in [6, 6.07) is 14.7. The molecule has 0 saturated carbocycles. The summed E-state index contributed by atoms with van der Waals surface area (Å²) < 4.78 is 36.5. The highest BCUT2D eigenvalue weighted by molar-refractivity contribution is 7.91. The predicted octanol–water partition coefficient (Wildman–Crippen LogP) is 3.88. The average molecular weight is 493 g/mol. The van der Waals surface area contributed by atoms with Crippen molar-refractivity contribution in [2.75, 3.05) is 5.75 Å². The van der Waals surface area contributed by atoms with E-state index in [1.54, 1.807) is 31.3 Å². The Morgan fingerprint density at radius 1 is 1.14 bits per heavy atom. The number of aromatic hydroxyl groups is 1. The molecule has 0 aliphatic heterocycles. The first-order chi connectivity index (χ1) is 16.8. The summed E-state index contributed by atoms with van der Waals surface area (Å²) in [7, 11) is -1.98. The Morgan fingerprint density at radius 2 is 1.91 bits per heavy atom. The maximum atomic E-state index is 12.1. The third-order valence-corrected chi connectivity index (χ3v) is 7.26. The lowest BCUT2D eigenvalue weighted by Gasteiger charge is -2.11. The number of sulfone groups is 1. The Balaban J connectivity index is 1.64. The Morgan fingerprint density at radius 3 is 2.54 bits per heavy atom. The molecular formula is C24H20N4O6S. The van der Waals surface area contributed by atoms with Gasteiger partial charge in [0.05, 0.1) is 27.2 Å². The number of nitrogens with one attached hydrogen (secondary N) is 1. The largest absolute Gasteiger partial charge is 0.492 e. The highest BCUT2D eigenvalue weighted by Gasteiger charge is 2.22. The van der Waals surface area contributed by atoms with Gasteiger partial charge in [0.1, 0.15) is 17.2 Å². The monoisotopic (exact) mass is 492 g/mol. The lowest BCUT2D eigenvalue weighted by molar-refractivity contribution is 0.430. The van der Waals surface area contributed by atoms with Crippen LogP contribution in [0, 0.1) is 0 Å². The van der Waals surface area contributed by atoms with Gasteiger partial charge in [0.25, 0.3) is 0 Å². The molecule has 3 aromatic heterocycles. The van der Waals surface area contributed by atoms with Gasteiger partial charge in [0, 0.05) is 19.3 Å². The van der Waals surface area contributed by atoms with Gasteiger partial charge in [-0.3, -0.25) is 4.98 Å². The number of H-pyrrole nitrogens is 1. The topological polar surface area (TPSA) is 140 Å². The first-order valence-electron chi connectivity index (χ1n) is 10.6. The second-order valence-electron chi connectivity index (χ2n) is 7.72. The van der Waals surface area contributed by atoms with E-state index < -0.39 is 15.6 Å². The van der Waals surface area contributed by atoms with Gasteiger partial charge in [-0.2, -0.15) is 0 Å². The van der Waals surface area contributed by atoms with Crippen LogP contribution in [0.5, 0.6) is 17.4 Å². The van der Waals surface area contributed by atoms with Crippen LogP contribution in [0.1, 0.15) is 6.92 Å². The standard InChI is InChI=1S/C24H20N4O6S/c1-3-35(31,32)15-9-7-14(8-10-15)33-20-13-19-18(26-22(27-19)17-6-4-5-11-25-17)12-16(20)21-23(29)28(2)24(30)34-21/h4-13,29H,3H2,1-2H3,(H,26,27). The number of imidazole rings is 1. The van der Waals surface area contributed by atoms with E-state index in [1.807, 2.05) is 12.1 Å². The minimum absolute atomic E-state index is 0.0158. The summed E-state index contributed by atoms with van der Waals surface area (Å²) in [6.07, 6.45) is 1.65. The number of fused-ring (bicyclic) bond motifs is 1. The molecule has 0 aliphatic rings. The maximum absolute atomic E-state index is 12.1. The Hall–Kier alpha value is -4.38. The molecule has 178 valence electrons. The molecule has 0 amide bonds. The number of benzene rings is 2. The van der Waals surface area contributed by atoms with Crippen LogP contribution in [-0.2, 0) is 16.9 Å². The van der Waals surface area contributed by atoms with Crippen molar-refractivity contribution in [1.29, 1.82) is 0 Å². The summed E-state index contributed by atoms with van der Waals surface area (Å²) >= 11 is 0. The van der Waals surface area contributed by atoms with Gasteiger partial charge in [-0.15, -0.1) is 0 Å². The predicted molar refractivity (Wildman–Crippen MR) is 128 cm³/mol. The molecule has 10 nitrogen and oxygen atoms in total. The van der Waals surface area contributed by atoms with Crippen LogP contribution in [0.25, 0.3) is 33.9 Å². The number of rotatable bonds is 6. The summed E-state index contributed by atoms with van der Waals surface area (Å²) in [5, 5.41) is 10.5. The first kappa shape index (κ1) is 22.4. The lowest BCUT2D eigenvalue weighted by atomic mass is 10.1. The Kier molecular flexibility index (Phi) is 5.40. The molecule has 0 saturated heterocycles. The van der Waals surface area contributed by atoms with Crippen molar-refractivity contribution in [2.45, 2.75) is 11.8 Å². The number of hydrogen-bond donors (Lipinski definition) is 2. The molecule has 0 bridgehead atoms. The molecule has 0 aliphatic carbocycles. The van der Waals surface area contributed by atoms with E-state index in [2.05, 4.69) is 15.0 Å². The van der Waals surface area contributed by atoms with Crippen molar-refractivity contribution in [3.63, 3.8) is 0 Å². The van der Waals surface area contributed by atoms with Crippen LogP contribution < -0.4 is 10.5 Å². The zero-order chi connectivity index (χ0) is 24.7. The fourth-order valence-corrected chi connectivity index (χ4v) is 4.43. The zero-order valence-electron chi connectivity index (χ0n) is 18.7. The van der Waals surface area contributed by atoms with Gasteiger partial charge in [-0.05, 0) is 42.5 Å². The van der Waals surface area contributed by atoms with Crippen molar-refractivity contribution < 1.29 is 22.7 Å². The van der Waals surface area contributed by atoms with E-state index in [0.29, 0.717) is 33.9 Å². The van der Waals surface area contributed by atoms with E-state index in [9.17, 15) is 18.3 Å². The molecule has 2 N–H and O–H groups in total. The van der Waals surface area contributed by atoms with Crippen LogP contribution in [0.3, 0.4) is 0 Å². The van der Waals surface area contributed by atoms with E-state index in [4.69, 9.17) is 9.15 Å². The molecule has 2 aromatic carbocycles. The molecule has 0 radical (unpaired) electrons. The number of pyridine rings is 1. The quantitative estimate of drug-likeness (QED) is 0.364. The zero-order valence-corrected chi connectivity index (χ0v) is 19.5. The molecule has 0 spiro atoms. The van der Waals surface area contributed by atoms with E-state index in [1.165, 1.54) is 31.3 Å². The van der Waals surface area contributed by atoms with Gasteiger partial charge < -0.3 is 19.2 Å². The average Bonchev–Trinajstić information content (AvgIpc) is 3.40. The van der Waals surface area contributed by atoms with Crippen LogP contribution in [0.15, 0.2) is 74.9 Å². The third kappa shape index (κ3) is 4.06. The molecule has 0 unspecified atom stereocenters. The van der Waals surface area contributed by atoms with Crippen LogP contribution >= 0.6 is 0 Å². The van der Waals surface area contributed by atoms with Crippen molar-refractivity contribution in [3.05, 3.63) is 71.3 Å². The van der Waals surface area contributed by atoms with Gasteiger partial charge in [-0.1, -0.05) is 13.0 Å². The van der Waals surface area contributed by atoms with Crippen molar-refractivity contribution in [1.82, 2.24) is 19.5 Å². The number of ether oxygens (including phenoxy) is 1. The molecule has 11 heteroatoms. The molecule has 5 rings (SSSR count). The van der Waals surface area contributed by atoms with Gasteiger partial charge in [-0.25, -0.2) is 22.8 Å². The highest BCUT2D eigenvalue weighted by atomic mass is 32.2.